The topological polar surface area (TPSA) is 90.2 Å². The number of aryl methyl sites for hydroxylation is 1. The van der Waals surface area contributed by atoms with Crippen molar-refractivity contribution >= 4 is 5.91 Å². The van der Waals surface area contributed by atoms with E-state index < -0.39 is 0 Å². The van der Waals surface area contributed by atoms with Crippen LogP contribution < -0.4 is 5.73 Å². The van der Waals surface area contributed by atoms with Crippen molar-refractivity contribution in [3.05, 3.63) is 59.6 Å². The summed E-state index contributed by atoms with van der Waals surface area (Å²) in [7, 11) is 0. The number of amides is 1. The van der Waals surface area contributed by atoms with Gasteiger partial charge in [-0.2, -0.15) is 0 Å². The van der Waals surface area contributed by atoms with E-state index in [1.54, 1.807) is 6.07 Å². The van der Waals surface area contributed by atoms with Gasteiger partial charge < -0.3 is 15.1 Å². The molecule has 1 amide bonds. The fraction of sp³-hybridized carbons (Fsp3) is 0.381. The number of aromatic nitrogens is 3. The average molecular weight is 379 g/mol. The van der Waals surface area contributed by atoms with Gasteiger partial charge in [-0.1, -0.05) is 29.0 Å². The van der Waals surface area contributed by atoms with E-state index in [0.29, 0.717) is 24.8 Å². The number of carbonyl (C=O) groups is 1. The maximum absolute atomic E-state index is 12.9. The predicted octanol–water partition coefficient (Wildman–Crippen LogP) is 2.86. The van der Waals surface area contributed by atoms with Gasteiger partial charge >= 0.3 is 0 Å². The van der Waals surface area contributed by atoms with Crippen LogP contribution in [0, 0.1) is 12.8 Å². The van der Waals surface area contributed by atoms with Gasteiger partial charge in [-0.15, -0.1) is 5.10 Å². The Hall–Kier alpha value is -2.93. The molecule has 0 aliphatic carbocycles. The Labute approximate surface area is 164 Å². The first-order valence-corrected chi connectivity index (χ1v) is 9.67. The minimum Gasteiger partial charge on any atom is -0.451 e. The summed E-state index contributed by atoms with van der Waals surface area (Å²) < 4.78 is 7.70. The number of furan rings is 1. The molecular weight excluding hydrogens is 354 g/mol. The molecule has 4 rings (SSSR count). The van der Waals surface area contributed by atoms with Crippen LogP contribution in [0.3, 0.4) is 0 Å². The second-order valence-corrected chi connectivity index (χ2v) is 7.43. The SMILES string of the molecule is Cc1cccc(-c2ccc(C(=O)N3CCC[C@@H](Cn4cc(CN)nn4)C3)o2)c1. The van der Waals surface area contributed by atoms with Gasteiger partial charge in [0.1, 0.15) is 5.76 Å². The third kappa shape index (κ3) is 3.99. The van der Waals surface area contributed by atoms with Crippen molar-refractivity contribution in [3.63, 3.8) is 0 Å². The minimum absolute atomic E-state index is 0.0511. The number of hydrogen-bond acceptors (Lipinski definition) is 5. The maximum atomic E-state index is 12.9. The van der Waals surface area contributed by atoms with Crippen molar-refractivity contribution in [2.75, 3.05) is 13.1 Å². The summed E-state index contributed by atoms with van der Waals surface area (Å²) in [4.78, 5) is 14.8. The molecule has 1 saturated heterocycles. The van der Waals surface area contributed by atoms with Crippen LogP contribution in [0.25, 0.3) is 11.3 Å². The molecule has 146 valence electrons. The van der Waals surface area contributed by atoms with Crippen LogP contribution in [0.5, 0.6) is 0 Å². The van der Waals surface area contributed by atoms with Crippen molar-refractivity contribution in [2.45, 2.75) is 32.9 Å². The number of benzene rings is 1. The number of rotatable bonds is 5. The van der Waals surface area contributed by atoms with Crippen LogP contribution in [-0.4, -0.2) is 38.9 Å². The molecule has 0 saturated carbocycles. The zero-order valence-electron chi connectivity index (χ0n) is 16.0. The van der Waals surface area contributed by atoms with Crippen molar-refractivity contribution < 1.29 is 9.21 Å². The van der Waals surface area contributed by atoms with Gasteiger partial charge in [-0.05, 0) is 43.9 Å². The molecule has 1 aromatic carbocycles. The Bertz CT molecular complexity index is 961. The molecule has 7 nitrogen and oxygen atoms in total. The van der Waals surface area contributed by atoms with Gasteiger partial charge in [0, 0.05) is 37.9 Å². The van der Waals surface area contributed by atoms with Crippen molar-refractivity contribution in [2.24, 2.45) is 11.7 Å². The Kier molecular flexibility index (Phi) is 5.25. The second-order valence-electron chi connectivity index (χ2n) is 7.43. The molecule has 1 atom stereocenters. The molecule has 3 aromatic rings. The molecule has 0 spiro atoms. The summed E-state index contributed by atoms with van der Waals surface area (Å²) in [6, 6.07) is 11.7. The van der Waals surface area contributed by atoms with Gasteiger partial charge in [0.25, 0.3) is 5.91 Å². The second kappa shape index (κ2) is 7.98. The summed E-state index contributed by atoms with van der Waals surface area (Å²) in [5.41, 5.74) is 8.52. The third-order valence-corrected chi connectivity index (χ3v) is 5.17. The van der Waals surface area contributed by atoms with Crippen molar-refractivity contribution in [3.8, 4) is 11.3 Å². The van der Waals surface area contributed by atoms with Gasteiger partial charge in [-0.25, -0.2) is 0 Å². The van der Waals surface area contributed by atoms with Crippen LogP contribution in [0.2, 0.25) is 0 Å². The predicted molar refractivity (Wildman–Crippen MR) is 105 cm³/mol. The highest BCUT2D eigenvalue weighted by atomic mass is 16.4. The van der Waals surface area contributed by atoms with Gasteiger partial charge in [-0.3, -0.25) is 9.48 Å². The van der Waals surface area contributed by atoms with E-state index in [4.69, 9.17) is 10.2 Å². The Balaban J connectivity index is 1.43. The molecule has 28 heavy (non-hydrogen) atoms. The van der Waals surface area contributed by atoms with E-state index in [-0.39, 0.29) is 5.91 Å². The monoisotopic (exact) mass is 379 g/mol. The van der Waals surface area contributed by atoms with Crippen LogP contribution in [0.4, 0.5) is 0 Å². The molecule has 3 heterocycles. The molecule has 1 aliphatic heterocycles. The third-order valence-electron chi connectivity index (χ3n) is 5.17. The lowest BCUT2D eigenvalue weighted by atomic mass is 9.98. The lowest BCUT2D eigenvalue weighted by molar-refractivity contribution is 0.0628. The quantitative estimate of drug-likeness (QED) is 0.736. The summed E-state index contributed by atoms with van der Waals surface area (Å²) in [6.45, 7) is 4.61. The minimum atomic E-state index is -0.0511. The highest BCUT2D eigenvalue weighted by Crippen LogP contribution is 2.25. The number of nitrogens with two attached hydrogens (primary N) is 1. The molecule has 1 fully saturated rings. The van der Waals surface area contributed by atoms with Crippen LogP contribution in [0.1, 0.15) is 34.7 Å². The van der Waals surface area contributed by atoms with Gasteiger partial charge in [0.15, 0.2) is 5.76 Å². The molecule has 0 unspecified atom stereocenters. The number of carbonyl (C=O) groups excluding carboxylic acids is 1. The van der Waals surface area contributed by atoms with E-state index in [9.17, 15) is 4.79 Å². The van der Waals surface area contributed by atoms with Crippen LogP contribution in [-0.2, 0) is 13.1 Å². The molecule has 0 radical (unpaired) electrons. The number of nitrogens with zero attached hydrogens (tertiary/aromatic N) is 4. The van der Waals surface area contributed by atoms with E-state index >= 15 is 0 Å². The zero-order valence-corrected chi connectivity index (χ0v) is 16.0. The Morgan fingerprint density at radius 1 is 1.32 bits per heavy atom. The normalized spacial score (nSPS) is 17.1. The molecule has 7 heteroatoms. The average Bonchev–Trinajstić information content (AvgIpc) is 3.37. The number of hydrogen-bond donors (Lipinski definition) is 1. The van der Waals surface area contributed by atoms with E-state index in [2.05, 4.69) is 16.4 Å². The maximum Gasteiger partial charge on any atom is 0.289 e. The fourth-order valence-electron chi connectivity index (χ4n) is 3.75. The smallest absolute Gasteiger partial charge is 0.289 e. The summed E-state index contributed by atoms with van der Waals surface area (Å²) >= 11 is 0. The van der Waals surface area contributed by atoms with Crippen molar-refractivity contribution in [1.82, 2.24) is 19.9 Å². The number of likely N-dealkylation sites (tertiary alicyclic amines) is 1. The summed E-state index contributed by atoms with van der Waals surface area (Å²) in [5, 5.41) is 8.15. The van der Waals surface area contributed by atoms with Crippen LogP contribution >= 0.6 is 0 Å². The molecule has 0 bridgehead atoms. The zero-order chi connectivity index (χ0) is 19.5. The molecular formula is C21H25N5O2. The summed E-state index contributed by atoms with van der Waals surface area (Å²) in [6.07, 6.45) is 3.91. The Morgan fingerprint density at radius 2 is 2.21 bits per heavy atom. The standard InChI is InChI=1S/C21H25N5O2/c1-15-4-2-6-17(10-15)19-7-8-20(28-19)21(27)25-9-3-5-16(12-25)13-26-14-18(11-22)23-24-26/h2,4,6-8,10,14,16H,3,5,9,11-13,22H2,1H3/t16-/m1/s1. The lowest BCUT2D eigenvalue weighted by Crippen LogP contribution is -2.41. The van der Waals surface area contributed by atoms with E-state index in [1.807, 2.05) is 47.0 Å². The van der Waals surface area contributed by atoms with Crippen molar-refractivity contribution in [1.29, 1.82) is 0 Å². The summed E-state index contributed by atoms with van der Waals surface area (Å²) in [5.74, 6) is 1.40. The highest BCUT2D eigenvalue weighted by molar-refractivity contribution is 5.92. The first kappa shape index (κ1) is 18.4. The number of piperidine rings is 1. The van der Waals surface area contributed by atoms with Gasteiger partial charge in [0.05, 0.1) is 5.69 Å². The molecule has 2 aromatic heterocycles. The Morgan fingerprint density at radius 3 is 3.00 bits per heavy atom. The van der Waals surface area contributed by atoms with Gasteiger partial charge in [0.2, 0.25) is 0 Å². The lowest BCUT2D eigenvalue weighted by Gasteiger charge is -2.32. The van der Waals surface area contributed by atoms with E-state index in [0.717, 1.165) is 48.5 Å². The highest BCUT2D eigenvalue weighted by Gasteiger charge is 2.27. The molecule has 1 aliphatic rings. The molecule has 2 N–H and O–H groups in total. The van der Waals surface area contributed by atoms with E-state index in [1.165, 1.54) is 0 Å². The largest absolute Gasteiger partial charge is 0.451 e. The first-order chi connectivity index (χ1) is 13.6. The van der Waals surface area contributed by atoms with Crippen LogP contribution in [0.15, 0.2) is 47.0 Å². The first-order valence-electron chi connectivity index (χ1n) is 9.67. The fourth-order valence-corrected chi connectivity index (χ4v) is 3.75.